The topological polar surface area (TPSA) is 12.0 Å². The molecule has 0 radical (unpaired) electrons. The number of nitrogens with one attached hydrogen (secondary N) is 1. The first-order chi connectivity index (χ1) is 7.49. The molecule has 0 amide bonds. The van der Waals surface area contributed by atoms with Gasteiger partial charge in [0.1, 0.15) is 0 Å². The highest BCUT2D eigenvalue weighted by Gasteiger charge is 2.16. The van der Waals surface area contributed by atoms with Gasteiger partial charge in [-0.25, -0.2) is 0 Å². The zero-order chi connectivity index (χ0) is 12.6. The Hall–Kier alpha value is -0.0400. The maximum atomic E-state index is 3.87. The van der Waals surface area contributed by atoms with Crippen LogP contribution in [0.2, 0.25) is 0 Å². The molecule has 0 saturated heterocycles. The summed E-state index contributed by atoms with van der Waals surface area (Å²) in [5.74, 6) is 1.60. The Kier molecular flexibility index (Phi) is 9.02. The second kappa shape index (κ2) is 9.04. The van der Waals surface area contributed by atoms with Crippen molar-refractivity contribution in [2.45, 2.75) is 85.7 Å². The van der Waals surface area contributed by atoms with Crippen molar-refractivity contribution in [1.82, 2.24) is 5.32 Å². The van der Waals surface area contributed by atoms with Crippen LogP contribution in [0.4, 0.5) is 0 Å². The van der Waals surface area contributed by atoms with Crippen LogP contribution in [-0.4, -0.2) is 12.1 Å². The molecule has 16 heavy (non-hydrogen) atoms. The molecule has 1 nitrogen and oxygen atoms in total. The molecule has 0 aliphatic carbocycles. The fourth-order valence-corrected chi connectivity index (χ4v) is 2.46. The Morgan fingerprint density at radius 1 is 0.812 bits per heavy atom. The van der Waals surface area contributed by atoms with Gasteiger partial charge in [-0.3, -0.25) is 0 Å². The molecule has 0 aliphatic rings. The van der Waals surface area contributed by atoms with Crippen molar-refractivity contribution >= 4 is 0 Å². The van der Waals surface area contributed by atoms with E-state index < -0.39 is 0 Å². The summed E-state index contributed by atoms with van der Waals surface area (Å²) in [5.41, 5.74) is 0. The highest BCUT2D eigenvalue weighted by atomic mass is 14.9. The van der Waals surface area contributed by atoms with Crippen molar-refractivity contribution in [2.75, 3.05) is 0 Å². The molecule has 1 unspecified atom stereocenters. The second-order valence-electron chi connectivity index (χ2n) is 6.02. The van der Waals surface area contributed by atoms with Crippen LogP contribution in [0, 0.1) is 11.8 Å². The van der Waals surface area contributed by atoms with E-state index in [-0.39, 0.29) is 0 Å². The van der Waals surface area contributed by atoms with Crippen molar-refractivity contribution in [2.24, 2.45) is 11.8 Å². The summed E-state index contributed by atoms with van der Waals surface area (Å²) < 4.78 is 0. The minimum atomic E-state index is 0.719. The summed E-state index contributed by atoms with van der Waals surface area (Å²) in [5, 5.41) is 3.87. The van der Waals surface area contributed by atoms with Gasteiger partial charge in [0.15, 0.2) is 0 Å². The van der Waals surface area contributed by atoms with Crippen LogP contribution in [0.15, 0.2) is 0 Å². The van der Waals surface area contributed by atoms with E-state index in [1.807, 2.05) is 0 Å². The molecule has 0 aromatic carbocycles. The monoisotopic (exact) mass is 227 g/mol. The van der Waals surface area contributed by atoms with E-state index in [0.717, 1.165) is 23.9 Å². The molecule has 1 heteroatoms. The molecule has 0 rings (SSSR count). The molecule has 0 fully saturated rings. The van der Waals surface area contributed by atoms with Gasteiger partial charge in [0.2, 0.25) is 0 Å². The zero-order valence-electron chi connectivity index (χ0n) is 12.3. The average Bonchev–Trinajstić information content (AvgIpc) is 2.14. The van der Waals surface area contributed by atoms with Gasteiger partial charge in [-0.2, -0.15) is 0 Å². The van der Waals surface area contributed by atoms with E-state index >= 15 is 0 Å². The van der Waals surface area contributed by atoms with Crippen LogP contribution in [0.3, 0.4) is 0 Å². The Balaban J connectivity index is 4.15. The molecular formula is C15H33N. The third kappa shape index (κ3) is 8.15. The lowest BCUT2D eigenvalue weighted by Crippen LogP contribution is -2.39. The normalized spacial score (nSPS) is 14.1. The smallest absolute Gasteiger partial charge is 0.00745 e. The number of hydrogen-bond acceptors (Lipinski definition) is 1. The molecule has 0 spiro atoms. The van der Waals surface area contributed by atoms with E-state index in [1.165, 1.54) is 32.1 Å². The average molecular weight is 227 g/mol. The minimum absolute atomic E-state index is 0.719. The molecule has 0 saturated carbocycles. The van der Waals surface area contributed by atoms with Crippen LogP contribution in [-0.2, 0) is 0 Å². The van der Waals surface area contributed by atoms with Gasteiger partial charge in [-0.15, -0.1) is 0 Å². The van der Waals surface area contributed by atoms with E-state index in [1.54, 1.807) is 0 Å². The van der Waals surface area contributed by atoms with Crippen molar-refractivity contribution in [1.29, 1.82) is 0 Å². The molecular weight excluding hydrogens is 194 g/mol. The highest BCUT2D eigenvalue weighted by molar-refractivity contribution is 4.75. The van der Waals surface area contributed by atoms with Crippen molar-refractivity contribution in [3.8, 4) is 0 Å². The Morgan fingerprint density at radius 3 is 1.62 bits per heavy atom. The molecule has 98 valence electrons. The SMILES string of the molecule is CCCC(CC)NC(CC(C)C)CC(C)C. The molecule has 1 N–H and O–H groups in total. The van der Waals surface area contributed by atoms with E-state index in [9.17, 15) is 0 Å². The molecule has 1 atom stereocenters. The molecule has 0 aromatic heterocycles. The van der Waals surface area contributed by atoms with Crippen molar-refractivity contribution in [3.05, 3.63) is 0 Å². The lowest BCUT2D eigenvalue weighted by Gasteiger charge is -2.27. The first-order valence-electron chi connectivity index (χ1n) is 7.25. The molecule has 0 aromatic rings. The van der Waals surface area contributed by atoms with E-state index in [0.29, 0.717) is 0 Å². The predicted molar refractivity (Wildman–Crippen MR) is 74.8 cm³/mol. The summed E-state index contributed by atoms with van der Waals surface area (Å²) in [7, 11) is 0. The Bertz CT molecular complexity index is 142. The van der Waals surface area contributed by atoms with Crippen LogP contribution >= 0.6 is 0 Å². The fraction of sp³-hybridized carbons (Fsp3) is 1.00. The van der Waals surface area contributed by atoms with Crippen LogP contribution in [0.25, 0.3) is 0 Å². The predicted octanol–water partition coefficient (Wildman–Crippen LogP) is 4.62. The van der Waals surface area contributed by atoms with Gasteiger partial charge >= 0.3 is 0 Å². The minimum Gasteiger partial charge on any atom is -0.311 e. The maximum absolute atomic E-state index is 3.87. The van der Waals surface area contributed by atoms with Crippen molar-refractivity contribution < 1.29 is 0 Å². The van der Waals surface area contributed by atoms with Gasteiger partial charge in [-0.1, -0.05) is 48.0 Å². The zero-order valence-corrected chi connectivity index (χ0v) is 12.3. The Morgan fingerprint density at radius 2 is 1.31 bits per heavy atom. The third-order valence-electron chi connectivity index (χ3n) is 3.11. The van der Waals surface area contributed by atoms with Gasteiger partial charge in [0, 0.05) is 12.1 Å². The van der Waals surface area contributed by atoms with Crippen LogP contribution < -0.4 is 5.32 Å². The largest absolute Gasteiger partial charge is 0.311 e. The number of rotatable bonds is 9. The summed E-state index contributed by atoms with van der Waals surface area (Å²) in [4.78, 5) is 0. The van der Waals surface area contributed by atoms with Gasteiger partial charge in [-0.05, 0) is 37.5 Å². The van der Waals surface area contributed by atoms with Gasteiger partial charge < -0.3 is 5.32 Å². The van der Waals surface area contributed by atoms with Crippen LogP contribution in [0.5, 0.6) is 0 Å². The Labute approximate surface area is 103 Å². The summed E-state index contributed by atoms with van der Waals surface area (Å²) in [6.07, 6.45) is 6.52. The first-order valence-corrected chi connectivity index (χ1v) is 7.25. The van der Waals surface area contributed by atoms with E-state index in [4.69, 9.17) is 0 Å². The van der Waals surface area contributed by atoms with Crippen LogP contribution in [0.1, 0.15) is 73.6 Å². The third-order valence-corrected chi connectivity index (χ3v) is 3.11. The van der Waals surface area contributed by atoms with Gasteiger partial charge in [0.25, 0.3) is 0 Å². The lowest BCUT2D eigenvalue weighted by atomic mass is 9.94. The molecule has 0 heterocycles. The van der Waals surface area contributed by atoms with E-state index in [2.05, 4.69) is 46.9 Å². The standard InChI is InChI=1S/C15H33N/c1-7-9-14(8-2)16-15(10-12(3)4)11-13(5)6/h12-16H,7-11H2,1-6H3. The first kappa shape index (κ1) is 16.0. The quantitative estimate of drug-likeness (QED) is 0.606. The second-order valence-corrected chi connectivity index (χ2v) is 6.02. The lowest BCUT2D eigenvalue weighted by molar-refractivity contribution is 0.312. The highest BCUT2D eigenvalue weighted by Crippen LogP contribution is 2.15. The summed E-state index contributed by atoms with van der Waals surface area (Å²) in [6.45, 7) is 13.9. The van der Waals surface area contributed by atoms with Gasteiger partial charge in [0.05, 0.1) is 0 Å². The maximum Gasteiger partial charge on any atom is 0.00745 e. The summed E-state index contributed by atoms with van der Waals surface area (Å²) in [6, 6.07) is 1.45. The number of hydrogen-bond donors (Lipinski definition) is 1. The molecule has 0 bridgehead atoms. The molecule has 0 aliphatic heterocycles. The van der Waals surface area contributed by atoms with Crippen molar-refractivity contribution in [3.63, 3.8) is 0 Å². The summed E-state index contributed by atoms with van der Waals surface area (Å²) >= 11 is 0. The fourth-order valence-electron chi connectivity index (χ4n) is 2.46.